The summed E-state index contributed by atoms with van der Waals surface area (Å²) in [4.78, 5) is 31.3. The van der Waals surface area contributed by atoms with Crippen molar-refractivity contribution >= 4 is 17.6 Å². The number of hydrogen-bond donors (Lipinski definition) is 2. The lowest BCUT2D eigenvalue weighted by molar-refractivity contribution is -0.216. The number of likely N-dealkylation sites (tertiary alicyclic amines) is 1. The zero-order valence-corrected chi connectivity index (χ0v) is 23.0. The van der Waals surface area contributed by atoms with Crippen molar-refractivity contribution in [2.75, 3.05) is 19.7 Å². The number of halogens is 3. The van der Waals surface area contributed by atoms with Crippen molar-refractivity contribution in [2.45, 2.75) is 76.1 Å². The zero-order valence-electron chi connectivity index (χ0n) is 23.0. The predicted molar refractivity (Wildman–Crippen MR) is 138 cm³/mol. The molecule has 2 N–H and O–H groups in total. The molecular formula is C27H32F3N5O7. The Morgan fingerprint density at radius 1 is 1.12 bits per heavy atom. The summed E-state index contributed by atoms with van der Waals surface area (Å²) >= 11 is 0. The van der Waals surface area contributed by atoms with Gasteiger partial charge in [0.1, 0.15) is 36.2 Å². The second-order valence-electron chi connectivity index (χ2n) is 10.8. The van der Waals surface area contributed by atoms with Crippen LogP contribution in [-0.4, -0.2) is 97.9 Å². The lowest BCUT2D eigenvalue weighted by atomic mass is 9.86. The Balaban J connectivity index is 1.35. The van der Waals surface area contributed by atoms with Gasteiger partial charge in [-0.3, -0.25) is 9.59 Å². The molecule has 5 rings (SSSR count). The fourth-order valence-corrected chi connectivity index (χ4v) is 5.88. The third-order valence-electron chi connectivity index (χ3n) is 8.06. The van der Waals surface area contributed by atoms with Gasteiger partial charge in [-0.05, 0) is 25.0 Å². The number of rotatable bonds is 7. The maximum absolute atomic E-state index is 13.8. The highest BCUT2D eigenvalue weighted by molar-refractivity contribution is 5.86. The van der Waals surface area contributed by atoms with Crippen LogP contribution in [0.25, 0.3) is 11.3 Å². The number of aromatic nitrogens is 3. The number of carbonyl (C=O) groups excluding carboxylic acids is 2. The van der Waals surface area contributed by atoms with E-state index < -0.39 is 60.5 Å². The fourth-order valence-electron chi connectivity index (χ4n) is 5.88. The molecule has 6 atom stereocenters. The molecule has 0 spiro atoms. The Kier molecular flexibility index (Phi) is 8.80. The maximum Gasteiger partial charge on any atom is 0.303 e. The van der Waals surface area contributed by atoms with E-state index in [0.717, 1.165) is 25.0 Å². The molecular weight excluding hydrogens is 563 g/mol. The van der Waals surface area contributed by atoms with E-state index in [0.29, 0.717) is 25.2 Å². The molecule has 228 valence electrons. The van der Waals surface area contributed by atoms with Crippen LogP contribution in [0.1, 0.15) is 45.6 Å². The number of benzene rings is 1. The highest BCUT2D eigenvalue weighted by atomic mass is 19.2. The van der Waals surface area contributed by atoms with Crippen LogP contribution in [0.3, 0.4) is 0 Å². The van der Waals surface area contributed by atoms with Crippen LogP contribution in [0.15, 0.2) is 23.5 Å². The van der Waals surface area contributed by atoms with Crippen LogP contribution in [-0.2, 0) is 23.9 Å². The number of piperidine rings is 1. The highest BCUT2D eigenvalue weighted by Gasteiger charge is 2.49. The zero-order chi connectivity index (χ0) is 30.1. The third-order valence-corrected chi connectivity index (χ3v) is 8.06. The number of ether oxygens (including phenoxy) is 2. The van der Waals surface area contributed by atoms with Gasteiger partial charge in [-0.25, -0.2) is 17.9 Å². The van der Waals surface area contributed by atoms with Crippen molar-refractivity contribution in [1.29, 1.82) is 0 Å². The van der Waals surface area contributed by atoms with Crippen molar-refractivity contribution in [1.82, 2.24) is 19.9 Å². The minimum atomic E-state index is -1.63. The van der Waals surface area contributed by atoms with E-state index in [1.165, 1.54) is 17.8 Å². The molecule has 1 aromatic carbocycles. The second-order valence-corrected chi connectivity index (χ2v) is 10.8. The van der Waals surface area contributed by atoms with Gasteiger partial charge in [-0.15, -0.1) is 5.10 Å². The molecule has 0 aliphatic carbocycles. The Morgan fingerprint density at radius 2 is 1.81 bits per heavy atom. The van der Waals surface area contributed by atoms with Crippen molar-refractivity contribution in [3.63, 3.8) is 0 Å². The van der Waals surface area contributed by atoms with Crippen LogP contribution in [0, 0.1) is 23.4 Å². The van der Waals surface area contributed by atoms with Gasteiger partial charge in [-0.2, -0.15) is 0 Å². The van der Waals surface area contributed by atoms with Gasteiger partial charge in [-0.1, -0.05) is 10.4 Å². The van der Waals surface area contributed by atoms with Crippen molar-refractivity contribution in [3.05, 3.63) is 35.8 Å². The molecule has 4 heterocycles. The van der Waals surface area contributed by atoms with Crippen LogP contribution in [0.2, 0.25) is 0 Å². The summed E-state index contributed by atoms with van der Waals surface area (Å²) < 4.78 is 53.9. The number of hydrogen-bond acceptors (Lipinski definition) is 10. The van der Waals surface area contributed by atoms with Gasteiger partial charge in [0, 0.05) is 51.3 Å². The Bertz CT molecular complexity index is 1330. The average molecular weight is 596 g/mol. The number of amides is 1. The van der Waals surface area contributed by atoms with Crippen molar-refractivity contribution < 1.29 is 47.3 Å². The molecule has 2 aromatic rings. The fraction of sp³-hybridized carbons (Fsp3) is 0.593. The molecule has 15 heteroatoms. The summed E-state index contributed by atoms with van der Waals surface area (Å²) in [7, 11) is 0. The minimum Gasteiger partial charge on any atom is -0.457 e. The molecule has 1 aromatic heterocycles. The summed E-state index contributed by atoms with van der Waals surface area (Å²) in [6.45, 7) is 3.45. The molecule has 0 bridgehead atoms. The molecule has 0 radical (unpaired) electrons. The highest BCUT2D eigenvalue weighted by Crippen LogP contribution is 2.36. The average Bonchev–Trinajstić information content (AvgIpc) is 3.63. The smallest absolute Gasteiger partial charge is 0.303 e. The van der Waals surface area contributed by atoms with Gasteiger partial charge < -0.3 is 29.4 Å². The quantitative estimate of drug-likeness (QED) is 0.361. The number of carbonyl (C=O) groups is 2. The van der Waals surface area contributed by atoms with E-state index in [2.05, 4.69) is 15.5 Å². The van der Waals surface area contributed by atoms with E-state index in [4.69, 9.17) is 14.3 Å². The molecule has 12 nitrogen and oxygen atoms in total. The number of aliphatic hydroxyl groups is 2. The van der Waals surface area contributed by atoms with E-state index >= 15 is 0 Å². The number of aliphatic hydroxyl groups excluding tert-OH is 2. The van der Waals surface area contributed by atoms with E-state index in [1.807, 2.05) is 0 Å². The van der Waals surface area contributed by atoms with E-state index in [1.54, 1.807) is 11.8 Å². The molecule has 2 saturated heterocycles. The normalized spacial score (nSPS) is 28.4. The molecule has 42 heavy (non-hydrogen) atoms. The largest absolute Gasteiger partial charge is 0.457 e. The Hall–Kier alpha value is -3.56. The van der Waals surface area contributed by atoms with Crippen LogP contribution in [0.5, 0.6) is 0 Å². The molecule has 2 fully saturated rings. The molecule has 6 unspecified atom stereocenters. The lowest BCUT2D eigenvalue weighted by Crippen LogP contribution is -2.57. The van der Waals surface area contributed by atoms with Crippen LogP contribution in [0.4, 0.5) is 13.2 Å². The standard InChI is InChI=1S/C27H32F3N5O7/c1-13(37)34-5-3-15(4-6-34)21-9-17(32-42-21)10-22-27(40-14(2)38)25(26(39)23(12-36)41-22)35-11-20(31-33-35)16-7-18(28)24(30)19(29)8-16/h7-8,11,15,21-23,25-27,36,39H,3-6,9-10,12H2,1-2H3. The Morgan fingerprint density at radius 3 is 2.43 bits per heavy atom. The molecule has 1 amide bonds. The summed E-state index contributed by atoms with van der Waals surface area (Å²) in [5.41, 5.74) is 0.507. The number of esters is 1. The first kappa shape index (κ1) is 29.9. The first-order valence-corrected chi connectivity index (χ1v) is 13.7. The van der Waals surface area contributed by atoms with Gasteiger partial charge in [0.15, 0.2) is 23.6 Å². The minimum absolute atomic E-state index is 0.0302. The van der Waals surface area contributed by atoms with Gasteiger partial charge >= 0.3 is 5.97 Å². The lowest BCUT2D eigenvalue weighted by Gasteiger charge is -2.43. The first-order chi connectivity index (χ1) is 20.0. The third kappa shape index (κ3) is 6.13. The Labute approximate surface area is 239 Å². The monoisotopic (exact) mass is 595 g/mol. The van der Waals surface area contributed by atoms with E-state index in [9.17, 15) is 33.0 Å². The molecule has 3 aliphatic rings. The predicted octanol–water partition coefficient (Wildman–Crippen LogP) is 1.75. The second kappa shape index (κ2) is 12.4. The van der Waals surface area contributed by atoms with Crippen LogP contribution < -0.4 is 0 Å². The topological polar surface area (TPSA) is 149 Å². The SMILES string of the molecule is CC(=O)OC1C(CC2=NOC(C3CCN(C(C)=O)CC3)C2)OC(CO)C(O)C1n1cc(-c2cc(F)c(F)c(F)c2)nn1. The van der Waals surface area contributed by atoms with Gasteiger partial charge in [0.2, 0.25) is 5.91 Å². The van der Waals surface area contributed by atoms with Crippen molar-refractivity contribution in [2.24, 2.45) is 11.1 Å². The summed E-state index contributed by atoms with van der Waals surface area (Å²) in [5.74, 6) is -4.88. The summed E-state index contributed by atoms with van der Waals surface area (Å²) in [6, 6.07) is 0.402. The number of oxime groups is 1. The van der Waals surface area contributed by atoms with Crippen LogP contribution >= 0.6 is 0 Å². The van der Waals surface area contributed by atoms with E-state index in [-0.39, 0.29) is 35.6 Å². The first-order valence-electron chi connectivity index (χ1n) is 13.7. The number of nitrogens with zero attached hydrogens (tertiary/aromatic N) is 5. The molecule has 3 aliphatic heterocycles. The van der Waals surface area contributed by atoms with Gasteiger partial charge in [0.25, 0.3) is 0 Å². The maximum atomic E-state index is 13.8. The summed E-state index contributed by atoms with van der Waals surface area (Å²) in [6.07, 6.45) is -1.25. The van der Waals surface area contributed by atoms with Gasteiger partial charge in [0.05, 0.1) is 18.5 Å². The summed E-state index contributed by atoms with van der Waals surface area (Å²) in [5, 5.41) is 33.2. The molecule has 0 saturated carbocycles. The van der Waals surface area contributed by atoms with Crippen molar-refractivity contribution in [3.8, 4) is 11.3 Å².